The maximum Gasteiger partial charge on any atom is 0.180 e. The summed E-state index contributed by atoms with van der Waals surface area (Å²) < 4.78 is 13.6. The summed E-state index contributed by atoms with van der Waals surface area (Å²) in [6.45, 7) is 0. The highest BCUT2D eigenvalue weighted by Gasteiger charge is 2.25. The van der Waals surface area contributed by atoms with Gasteiger partial charge in [0.15, 0.2) is 52.2 Å². The number of furan rings is 1. The van der Waals surface area contributed by atoms with Gasteiger partial charge in [-0.15, -0.1) is 34.0 Å². The van der Waals surface area contributed by atoms with Crippen molar-refractivity contribution in [2.45, 2.75) is 0 Å². The fourth-order valence-corrected chi connectivity index (χ4v) is 17.1. The third kappa shape index (κ3) is 9.91. The maximum absolute atomic E-state index is 6.91. The van der Waals surface area contributed by atoms with Gasteiger partial charge in [0.05, 0.1) is 15.9 Å². The average molecular weight is 1330 g/mol. The normalized spacial score (nSPS) is 11.8. The Bertz CT molecular complexity index is 6600. The summed E-state index contributed by atoms with van der Waals surface area (Å²) in [7, 11) is 0. The molecule has 0 bridgehead atoms. The van der Waals surface area contributed by atoms with E-state index in [4.69, 9.17) is 54.3 Å². The van der Waals surface area contributed by atoms with Crippen molar-refractivity contribution in [2.24, 2.45) is 0 Å². The summed E-state index contributed by atoms with van der Waals surface area (Å²) in [5.41, 5.74) is 15.7. The Morgan fingerprint density at radius 1 is 0.220 bits per heavy atom. The van der Waals surface area contributed by atoms with Gasteiger partial charge in [0.1, 0.15) is 16.8 Å². The van der Waals surface area contributed by atoms with E-state index in [0.717, 1.165) is 134 Å². The highest BCUT2D eigenvalue weighted by molar-refractivity contribution is 7.27. The molecule has 0 aliphatic heterocycles. The van der Waals surface area contributed by atoms with Crippen LogP contribution in [0, 0.1) is 0 Å². The van der Waals surface area contributed by atoms with Crippen LogP contribution in [0.1, 0.15) is 0 Å². The molecule has 8 aromatic heterocycles. The lowest BCUT2D eigenvalue weighted by atomic mass is 10.0. The summed E-state index contributed by atoms with van der Waals surface area (Å²) >= 11 is 5.23. The second-order valence-electron chi connectivity index (χ2n) is 24.6. The van der Waals surface area contributed by atoms with Gasteiger partial charge in [-0.2, -0.15) is 0 Å². The molecule has 0 atom stereocenters. The Labute approximate surface area is 582 Å². The van der Waals surface area contributed by atoms with Gasteiger partial charge in [-0.25, -0.2) is 49.8 Å². The molecule has 20 aromatic rings. The van der Waals surface area contributed by atoms with Crippen LogP contribution in [0.5, 0.6) is 0 Å². The molecular formula is C86H48N10OS3. The molecule has 0 aliphatic rings. The highest BCUT2D eigenvalue weighted by atomic mass is 32.1. The molecule has 100 heavy (non-hydrogen) atoms. The van der Waals surface area contributed by atoms with Crippen molar-refractivity contribution in [2.75, 3.05) is 0 Å². The molecule has 11 nitrogen and oxygen atoms in total. The lowest BCUT2D eigenvalue weighted by Crippen LogP contribution is -2.00. The standard InChI is InChI=1S/C86H48N10OS3/c1-6-21-49(22-7-1)79-87-72(56-39-42-59-60-34-19-36-63(77(60)100-70(59)48-56)86-95-82(52-27-12-4-13-28-52)91-83(96-86)53-29-14-5-15-30-53)76-73(88-79)64-46-55(40-43-66(64)97-76)54-31-18-32-57(45-54)84-92-81(51-25-10-3-11-26-51)93-85(94-84)58-41-44-68-65(47-58)71-62(35-20-38-69(71)98-68)75-78-74(61-33-16-17-37-67(61)99-78)89-80(90-75)50-23-8-2-9-24-50/h1-48H. The van der Waals surface area contributed by atoms with Crippen molar-refractivity contribution in [1.29, 1.82) is 0 Å². The molecule has 20 rings (SSSR count). The second-order valence-corrected chi connectivity index (χ2v) is 27.8. The van der Waals surface area contributed by atoms with Crippen LogP contribution >= 0.6 is 34.0 Å². The first-order chi connectivity index (χ1) is 49.5. The van der Waals surface area contributed by atoms with Crippen molar-refractivity contribution in [3.05, 3.63) is 291 Å². The molecule has 0 spiro atoms. The van der Waals surface area contributed by atoms with Crippen LogP contribution in [0.3, 0.4) is 0 Å². The predicted octanol–water partition coefficient (Wildman–Crippen LogP) is 23.0. The van der Waals surface area contributed by atoms with Gasteiger partial charge in [-0.1, -0.05) is 231 Å². The number of hydrogen-bond acceptors (Lipinski definition) is 14. The third-order valence-electron chi connectivity index (χ3n) is 18.4. The average Bonchev–Trinajstić information content (AvgIpc) is 1.57. The molecule has 0 amide bonds. The number of thiophene rings is 3. The molecule has 0 fully saturated rings. The zero-order valence-corrected chi connectivity index (χ0v) is 55.3. The Morgan fingerprint density at radius 3 is 1.33 bits per heavy atom. The lowest BCUT2D eigenvalue weighted by molar-refractivity contribution is 0.667. The third-order valence-corrected chi connectivity index (χ3v) is 21.9. The van der Waals surface area contributed by atoms with E-state index in [9.17, 15) is 0 Å². The summed E-state index contributed by atoms with van der Waals surface area (Å²) in [6, 6.07) is 100. The van der Waals surface area contributed by atoms with E-state index in [2.05, 4.69) is 158 Å². The first-order valence-electron chi connectivity index (χ1n) is 32.8. The number of benzene rings is 12. The van der Waals surface area contributed by atoms with E-state index >= 15 is 0 Å². The molecule has 0 unspecified atom stereocenters. The monoisotopic (exact) mass is 1330 g/mol. The Hall–Kier alpha value is -12.7. The van der Waals surface area contributed by atoms with Gasteiger partial charge >= 0.3 is 0 Å². The molecule has 466 valence electrons. The molecule has 0 saturated heterocycles. The smallest absolute Gasteiger partial charge is 0.180 e. The van der Waals surface area contributed by atoms with E-state index in [-0.39, 0.29) is 0 Å². The topological polar surface area (TPSA) is 142 Å². The van der Waals surface area contributed by atoms with Gasteiger partial charge in [0.2, 0.25) is 0 Å². The molecule has 0 radical (unpaired) electrons. The van der Waals surface area contributed by atoms with Crippen molar-refractivity contribution in [1.82, 2.24) is 49.8 Å². The van der Waals surface area contributed by atoms with Crippen LogP contribution in [0.25, 0.3) is 207 Å². The molecule has 0 N–H and O–H groups in total. The number of hydrogen-bond donors (Lipinski definition) is 0. The summed E-state index contributed by atoms with van der Waals surface area (Å²) in [6.07, 6.45) is 0. The van der Waals surface area contributed by atoms with Crippen molar-refractivity contribution in [3.8, 4) is 125 Å². The SMILES string of the molecule is c1ccc(-c2nc(-c3cccc(-c4ccc5oc6c(-c7ccc8c(c7)sc7c(-c9nc(-c%10ccccc%10)nc(-c%10ccccc%10)n9)cccc78)nc(-c7ccccc7)nc6c5c4)c3)nc(-c3ccc4sc5cccc(-c6nc(-c7ccccc7)nc7c6sc6ccccc67)c5c4c3)n2)cc1. The molecular weight excluding hydrogens is 1290 g/mol. The van der Waals surface area contributed by atoms with Gasteiger partial charge < -0.3 is 4.42 Å². The second kappa shape index (κ2) is 23.5. The van der Waals surface area contributed by atoms with Crippen molar-refractivity contribution >= 4 is 117 Å². The first kappa shape index (κ1) is 57.5. The minimum absolute atomic E-state index is 0.551. The number of fused-ring (bicyclic) bond motifs is 12. The quantitative estimate of drug-likeness (QED) is 0.122. The predicted molar refractivity (Wildman–Crippen MR) is 410 cm³/mol. The van der Waals surface area contributed by atoms with E-state index < -0.39 is 0 Å². The number of rotatable bonds is 11. The molecule has 14 heteroatoms. The van der Waals surface area contributed by atoms with Crippen LogP contribution in [-0.2, 0) is 0 Å². The fourth-order valence-electron chi connectivity index (χ4n) is 13.6. The van der Waals surface area contributed by atoms with Gasteiger partial charge in [0.25, 0.3) is 0 Å². The van der Waals surface area contributed by atoms with Crippen LogP contribution in [0.15, 0.2) is 296 Å². The maximum atomic E-state index is 6.91. The Morgan fingerprint density at radius 2 is 0.670 bits per heavy atom. The molecule has 12 aromatic carbocycles. The lowest BCUT2D eigenvalue weighted by Gasteiger charge is -2.11. The van der Waals surface area contributed by atoms with E-state index in [1.165, 1.54) is 4.70 Å². The van der Waals surface area contributed by atoms with Crippen LogP contribution in [-0.4, -0.2) is 49.8 Å². The van der Waals surface area contributed by atoms with Gasteiger partial charge in [-0.05, 0) is 71.8 Å². The zero-order chi connectivity index (χ0) is 65.8. The van der Waals surface area contributed by atoms with E-state index in [1.807, 2.05) is 133 Å². The fraction of sp³-hybridized carbons (Fsp3) is 0. The van der Waals surface area contributed by atoms with Crippen molar-refractivity contribution in [3.63, 3.8) is 0 Å². The molecule has 0 aliphatic carbocycles. The van der Waals surface area contributed by atoms with Crippen LogP contribution in [0.4, 0.5) is 0 Å². The number of nitrogens with zero attached hydrogens (tertiary/aromatic N) is 10. The van der Waals surface area contributed by atoms with Crippen molar-refractivity contribution < 1.29 is 4.42 Å². The Balaban J connectivity index is 0.690. The molecule has 8 heterocycles. The van der Waals surface area contributed by atoms with Gasteiger partial charge in [-0.3, -0.25) is 0 Å². The van der Waals surface area contributed by atoms with Gasteiger partial charge in [0, 0.05) is 111 Å². The van der Waals surface area contributed by atoms with E-state index in [0.29, 0.717) is 69.0 Å². The minimum atomic E-state index is 0.551. The van der Waals surface area contributed by atoms with Crippen LogP contribution < -0.4 is 0 Å². The molecule has 0 saturated carbocycles. The first-order valence-corrected chi connectivity index (χ1v) is 35.2. The summed E-state index contributed by atoms with van der Waals surface area (Å²) in [5, 5.41) is 6.46. The van der Waals surface area contributed by atoms with Crippen LogP contribution in [0.2, 0.25) is 0 Å². The summed E-state index contributed by atoms with van der Waals surface area (Å²) in [5.74, 6) is 4.82. The zero-order valence-electron chi connectivity index (χ0n) is 52.8. The highest BCUT2D eigenvalue weighted by Crippen LogP contribution is 2.48. The number of aromatic nitrogens is 10. The Kier molecular flexibility index (Phi) is 13.5. The van der Waals surface area contributed by atoms with E-state index in [1.54, 1.807) is 34.0 Å². The largest absolute Gasteiger partial charge is 0.452 e. The summed E-state index contributed by atoms with van der Waals surface area (Å²) in [4.78, 5) is 52.4. The minimum Gasteiger partial charge on any atom is -0.452 e.